The molecule has 1 heterocycles. The van der Waals surface area contributed by atoms with Gasteiger partial charge < -0.3 is 25.5 Å². The topological polar surface area (TPSA) is 97.1 Å². The van der Waals surface area contributed by atoms with Gasteiger partial charge in [0.05, 0.1) is 17.7 Å². The van der Waals surface area contributed by atoms with Gasteiger partial charge in [-0.05, 0) is 23.1 Å². The van der Waals surface area contributed by atoms with Crippen LogP contribution in [0.1, 0.15) is 5.56 Å². The van der Waals surface area contributed by atoms with E-state index in [4.69, 9.17) is 0 Å². The summed E-state index contributed by atoms with van der Waals surface area (Å²) in [5.74, 6) is -1.33. The van der Waals surface area contributed by atoms with Gasteiger partial charge in [-0.3, -0.25) is 0 Å². The molecule has 28 heavy (non-hydrogen) atoms. The molecule has 0 bridgehead atoms. The Balaban J connectivity index is 1.51. The second kappa shape index (κ2) is 7.44. The Morgan fingerprint density at radius 2 is 1.64 bits per heavy atom. The zero-order valence-electron chi connectivity index (χ0n) is 14.9. The molecule has 6 nitrogen and oxygen atoms in total. The molecule has 3 N–H and O–H groups in total. The average molecular weight is 372 g/mol. The van der Waals surface area contributed by atoms with Gasteiger partial charge in [0.1, 0.15) is 0 Å². The highest BCUT2D eigenvalue weighted by atomic mass is 16.4. The second-order valence-electron chi connectivity index (χ2n) is 6.56. The summed E-state index contributed by atoms with van der Waals surface area (Å²) in [7, 11) is 0. The van der Waals surface area contributed by atoms with Crippen LogP contribution in [0, 0.1) is 0 Å². The number of nitrogens with one attached hydrogen (secondary N) is 3. The fourth-order valence-electron chi connectivity index (χ4n) is 3.36. The predicted octanol–water partition coefficient (Wildman–Crippen LogP) is 2.80. The maximum Gasteiger partial charge on any atom is 0.319 e. The first-order chi connectivity index (χ1) is 13.6. The van der Waals surface area contributed by atoms with Gasteiger partial charge in [0.2, 0.25) is 0 Å². The van der Waals surface area contributed by atoms with Crippen LogP contribution in [0.25, 0.3) is 21.7 Å². The van der Waals surface area contributed by atoms with Gasteiger partial charge >= 0.3 is 6.03 Å². The summed E-state index contributed by atoms with van der Waals surface area (Å²) in [5, 5.41) is 19.6. The Hall–Kier alpha value is -3.80. The van der Waals surface area contributed by atoms with E-state index in [0.29, 0.717) is 5.69 Å². The average Bonchev–Trinajstić information content (AvgIpc) is 3.11. The number of hydrogen-bond donors (Lipinski definition) is 3. The fraction of sp³-hybridized carbons (Fsp3) is 0.0909. The molecule has 4 rings (SSSR count). The molecular weight excluding hydrogens is 354 g/mol. The maximum absolute atomic E-state index is 12.4. The van der Waals surface area contributed by atoms with E-state index >= 15 is 0 Å². The van der Waals surface area contributed by atoms with E-state index in [1.165, 1.54) is 0 Å². The third-order valence-electron chi connectivity index (χ3n) is 4.73. The van der Waals surface area contributed by atoms with Crippen LogP contribution in [0.3, 0.4) is 0 Å². The van der Waals surface area contributed by atoms with Gasteiger partial charge in [0.15, 0.2) is 0 Å². The quantitative estimate of drug-likeness (QED) is 0.502. The minimum Gasteiger partial charge on any atom is -0.548 e. The standard InChI is InChI=1S/C22H19N3O3/c26-21(27)20(12-15-13-23-18-10-4-3-9-17(15)18)25-22(28)24-19-11-5-7-14-6-1-2-8-16(14)19/h1-11,13,20,23H,12H2,(H,26,27)(H2,24,25,28)/p-1/t20-/m1/s1. The van der Waals surface area contributed by atoms with Gasteiger partial charge in [-0.25, -0.2) is 4.79 Å². The van der Waals surface area contributed by atoms with E-state index < -0.39 is 18.0 Å². The molecule has 2 amide bonds. The molecule has 0 radical (unpaired) electrons. The molecule has 3 aromatic carbocycles. The van der Waals surface area contributed by atoms with Crippen molar-refractivity contribution in [1.29, 1.82) is 0 Å². The second-order valence-corrected chi connectivity index (χ2v) is 6.56. The number of aromatic nitrogens is 1. The lowest BCUT2D eigenvalue weighted by Crippen LogP contribution is -2.50. The highest BCUT2D eigenvalue weighted by molar-refractivity contribution is 6.02. The number of H-pyrrole nitrogens is 1. The first kappa shape index (κ1) is 17.6. The predicted molar refractivity (Wildman–Crippen MR) is 107 cm³/mol. The van der Waals surface area contributed by atoms with Gasteiger partial charge in [0.25, 0.3) is 0 Å². The van der Waals surface area contributed by atoms with E-state index in [1.54, 1.807) is 12.3 Å². The number of carbonyl (C=O) groups excluding carboxylic acids is 2. The lowest BCUT2D eigenvalue weighted by Gasteiger charge is -2.20. The molecule has 0 unspecified atom stereocenters. The number of urea groups is 1. The van der Waals surface area contributed by atoms with Gasteiger partial charge in [-0.15, -0.1) is 0 Å². The number of hydrogen-bond acceptors (Lipinski definition) is 3. The van der Waals surface area contributed by atoms with Crippen LogP contribution in [-0.4, -0.2) is 23.0 Å². The van der Waals surface area contributed by atoms with Crippen molar-refractivity contribution in [3.05, 3.63) is 78.5 Å². The fourth-order valence-corrected chi connectivity index (χ4v) is 3.36. The summed E-state index contributed by atoms with van der Waals surface area (Å²) in [4.78, 5) is 27.1. The molecule has 6 heteroatoms. The van der Waals surface area contributed by atoms with Crippen molar-refractivity contribution in [3.8, 4) is 0 Å². The van der Waals surface area contributed by atoms with Crippen molar-refractivity contribution in [2.75, 3.05) is 5.32 Å². The third-order valence-corrected chi connectivity index (χ3v) is 4.73. The Kier molecular flexibility index (Phi) is 4.68. The lowest BCUT2D eigenvalue weighted by molar-refractivity contribution is -0.308. The Labute approximate surface area is 161 Å². The van der Waals surface area contributed by atoms with Gasteiger partial charge in [-0.1, -0.05) is 54.6 Å². The number of anilines is 1. The minimum atomic E-state index is -1.33. The molecule has 1 atom stereocenters. The summed E-state index contributed by atoms with van der Waals surface area (Å²) >= 11 is 0. The van der Waals surface area contributed by atoms with Crippen LogP contribution in [0.2, 0.25) is 0 Å². The number of rotatable bonds is 5. The number of aliphatic carboxylic acids is 1. The summed E-state index contributed by atoms with van der Waals surface area (Å²) < 4.78 is 0. The van der Waals surface area contributed by atoms with Crippen LogP contribution < -0.4 is 15.7 Å². The van der Waals surface area contributed by atoms with Crippen LogP contribution >= 0.6 is 0 Å². The number of amides is 2. The molecular formula is C22H18N3O3-. The Morgan fingerprint density at radius 1 is 0.929 bits per heavy atom. The van der Waals surface area contributed by atoms with Crippen molar-refractivity contribution in [3.63, 3.8) is 0 Å². The molecule has 1 aromatic heterocycles. The maximum atomic E-state index is 12.4. The van der Waals surface area contributed by atoms with E-state index in [0.717, 1.165) is 27.2 Å². The number of fused-ring (bicyclic) bond motifs is 2. The van der Waals surface area contributed by atoms with E-state index in [-0.39, 0.29) is 6.42 Å². The number of carboxylic acid groups (broad SMARTS) is 1. The summed E-state index contributed by atoms with van der Waals surface area (Å²) in [5.41, 5.74) is 2.32. The molecule has 0 saturated heterocycles. The highest BCUT2D eigenvalue weighted by Crippen LogP contribution is 2.23. The molecule has 140 valence electrons. The molecule has 0 fully saturated rings. The van der Waals surface area contributed by atoms with E-state index in [1.807, 2.05) is 60.7 Å². The summed E-state index contributed by atoms with van der Waals surface area (Å²) in [6.07, 6.45) is 1.88. The van der Waals surface area contributed by atoms with Crippen molar-refractivity contribution >= 4 is 39.4 Å². The van der Waals surface area contributed by atoms with Crippen LogP contribution in [0.5, 0.6) is 0 Å². The van der Waals surface area contributed by atoms with Crippen LogP contribution in [0.15, 0.2) is 72.9 Å². The first-order valence-electron chi connectivity index (χ1n) is 8.93. The molecule has 0 spiro atoms. The number of aromatic amines is 1. The molecule has 0 saturated carbocycles. The lowest BCUT2D eigenvalue weighted by atomic mass is 10.1. The SMILES string of the molecule is O=C(Nc1cccc2ccccc12)N[C@H](Cc1c[nH]c2ccccc12)C(=O)[O-]. The van der Waals surface area contributed by atoms with Crippen molar-refractivity contribution in [1.82, 2.24) is 10.3 Å². The monoisotopic (exact) mass is 372 g/mol. The summed E-state index contributed by atoms with van der Waals surface area (Å²) in [6.45, 7) is 0. The zero-order chi connectivity index (χ0) is 19.5. The number of carboxylic acids is 1. The van der Waals surface area contributed by atoms with Crippen molar-refractivity contribution in [2.45, 2.75) is 12.5 Å². The van der Waals surface area contributed by atoms with Crippen LogP contribution in [-0.2, 0) is 11.2 Å². The molecule has 0 aliphatic carbocycles. The van der Waals surface area contributed by atoms with Gasteiger partial charge in [-0.2, -0.15) is 0 Å². The number of para-hydroxylation sites is 1. The van der Waals surface area contributed by atoms with Crippen molar-refractivity contribution < 1.29 is 14.7 Å². The van der Waals surface area contributed by atoms with Crippen LogP contribution in [0.4, 0.5) is 10.5 Å². The summed E-state index contributed by atoms with van der Waals surface area (Å²) in [6, 6.07) is 19.0. The first-order valence-corrected chi connectivity index (χ1v) is 8.93. The largest absolute Gasteiger partial charge is 0.548 e. The normalized spacial score (nSPS) is 12.0. The van der Waals surface area contributed by atoms with Crippen molar-refractivity contribution in [2.24, 2.45) is 0 Å². The number of carbonyl (C=O) groups is 2. The molecule has 0 aliphatic heterocycles. The molecule has 4 aromatic rings. The Morgan fingerprint density at radius 3 is 2.46 bits per heavy atom. The zero-order valence-corrected chi connectivity index (χ0v) is 14.9. The minimum absolute atomic E-state index is 0.120. The van der Waals surface area contributed by atoms with E-state index in [2.05, 4.69) is 15.6 Å². The van der Waals surface area contributed by atoms with E-state index in [9.17, 15) is 14.7 Å². The smallest absolute Gasteiger partial charge is 0.319 e. The highest BCUT2D eigenvalue weighted by Gasteiger charge is 2.17. The number of benzene rings is 3. The van der Waals surface area contributed by atoms with Gasteiger partial charge in [0, 0.05) is 28.9 Å². The Bertz CT molecular complexity index is 1160. The molecule has 0 aliphatic rings. The third kappa shape index (κ3) is 3.53.